The molecule has 0 N–H and O–H groups in total. The Morgan fingerprint density at radius 2 is 2.00 bits per heavy atom. The fourth-order valence-electron chi connectivity index (χ4n) is 1.75. The van der Waals surface area contributed by atoms with Crippen molar-refractivity contribution in [1.82, 2.24) is 0 Å². The van der Waals surface area contributed by atoms with Crippen molar-refractivity contribution in [3.8, 4) is 0 Å². The Morgan fingerprint density at radius 1 is 1.33 bits per heavy atom. The lowest BCUT2D eigenvalue weighted by molar-refractivity contribution is 0.758. The highest BCUT2D eigenvalue weighted by atomic mass is 35.5. The number of rotatable bonds is 3. The molecule has 0 heterocycles. The van der Waals surface area contributed by atoms with Crippen LogP contribution in [0.4, 0.5) is 0 Å². The molecule has 82 valence electrons. The monoisotopic (exact) mass is 242 g/mol. The Labute approximate surface area is 102 Å². The molecule has 0 aromatic heterocycles. The van der Waals surface area contributed by atoms with E-state index >= 15 is 0 Å². The van der Waals surface area contributed by atoms with Crippen molar-refractivity contribution in [3.63, 3.8) is 0 Å². The fraction of sp³-hybridized carbons (Fsp3) is 0.385. The molecular formula is C13H16Cl2. The van der Waals surface area contributed by atoms with E-state index in [0.717, 1.165) is 6.42 Å². The molecule has 0 saturated carbocycles. The lowest BCUT2D eigenvalue weighted by Crippen LogP contribution is -1.98. The maximum absolute atomic E-state index is 6.01. The molecule has 1 unspecified atom stereocenters. The predicted molar refractivity (Wildman–Crippen MR) is 68.9 cm³/mol. The molecular weight excluding hydrogens is 227 g/mol. The van der Waals surface area contributed by atoms with Crippen molar-refractivity contribution in [2.24, 2.45) is 0 Å². The molecule has 15 heavy (non-hydrogen) atoms. The minimum absolute atomic E-state index is 0.449. The van der Waals surface area contributed by atoms with Gasteiger partial charge in [-0.1, -0.05) is 47.8 Å². The van der Waals surface area contributed by atoms with Crippen molar-refractivity contribution in [3.05, 3.63) is 45.5 Å². The highest BCUT2D eigenvalue weighted by Crippen LogP contribution is 2.31. The van der Waals surface area contributed by atoms with Crippen LogP contribution in [-0.4, -0.2) is 0 Å². The molecule has 0 aliphatic rings. The van der Waals surface area contributed by atoms with Crippen molar-refractivity contribution in [2.75, 3.05) is 0 Å². The fourth-order valence-corrected chi connectivity index (χ4v) is 2.06. The van der Waals surface area contributed by atoms with Gasteiger partial charge in [-0.05, 0) is 38.0 Å². The topological polar surface area (TPSA) is 0 Å². The predicted octanol–water partition coefficient (Wildman–Crippen LogP) is 5.45. The zero-order chi connectivity index (χ0) is 11.4. The zero-order valence-corrected chi connectivity index (χ0v) is 10.9. The molecule has 0 aliphatic carbocycles. The first-order valence-corrected chi connectivity index (χ1v) is 5.93. The van der Waals surface area contributed by atoms with E-state index in [9.17, 15) is 0 Å². The Kier molecular flexibility index (Phi) is 4.69. The van der Waals surface area contributed by atoms with Gasteiger partial charge < -0.3 is 0 Å². The van der Waals surface area contributed by atoms with Crippen LogP contribution in [-0.2, 0) is 0 Å². The van der Waals surface area contributed by atoms with Crippen LogP contribution in [0.2, 0.25) is 10.0 Å². The van der Waals surface area contributed by atoms with Crippen LogP contribution >= 0.6 is 23.2 Å². The Hall–Kier alpha value is -0.460. The third-order valence-corrected chi connectivity index (χ3v) is 3.50. The third kappa shape index (κ3) is 2.99. The molecule has 1 rings (SSSR count). The van der Waals surface area contributed by atoms with Gasteiger partial charge in [0.05, 0.1) is 10.0 Å². The summed E-state index contributed by atoms with van der Waals surface area (Å²) >= 11 is 11.9. The van der Waals surface area contributed by atoms with Crippen molar-refractivity contribution in [1.29, 1.82) is 0 Å². The molecule has 1 aromatic carbocycles. The van der Waals surface area contributed by atoms with Gasteiger partial charge in [-0.3, -0.25) is 0 Å². The van der Waals surface area contributed by atoms with Crippen LogP contribution in [0.5, 0.6) is 0 Å². The van der Waals surface area contributed by atoms with Crippen LogP contribution in [0, 0.1) is 0 Å². The Morgan fingerprint density at radius 3 is 2.47 bits per heavy atom. The summed E-state index contributed by atoms with van der Waals surface area (Å²) in [6, 6.07) is 5.88. The molecule has 1 atom stereocenters. The summed E-state index contributed by atoms with van der Waals surface area (Å²) in [6.07, 6.45) is 3.23. The van der Waals surface area contributed by atoms with Crippen molar-refractivity contribution >= 4 is 23.2 Å². The van der Waals surface area contributed by atoms with E-state index in [-0.39, 0.29) is 0 Å². The summed E-state index contributed by atoms with van der Waals surface area (Å²) in [4.78, 5) is 0. The maximum Gasteiger partial charge on any atom is 0.0595 e. The van der Waals surface area contributed by atoms with E-state index in [2.05, 4.69) is 32.9 Å². The minimum Gasteiger partial charge on any atom is -0.0881 e. The smallest absolute Gasteiger partial charge is 0.0595 e. The summed E-state index contributed by atoms with van der Waals surface area (Å²) < 4.78 is 0. The van der Waals surface area contributed by atoms with Crippen LogP contribution in [0.15, 0.2) is 29.8 Å². The molecule has 0 amide bonds. The number of allylic oxidation sites excluding steroid dienone is 2. The lowest BCUT2D eigenvalue weighted by Gasteiger charge is -2.16. The standard InChI is InChI=1S/C13H16Cl2/c1-4-9(3)11(5-2)10-6-7-12(14)13(15)8-10/h4,6-8,11H,5H2,1-3H3/b9-4+. The first-order chi connectivity index (χ1) is 7.10. The molecule has 0 aliphatic heterocycles. The molecule has 0 spiro atoms. The van der Waals surface area contributed by atoms with Gasteiger partial charge in [0.15, 0.2) is 0 Å². The summed E-state index contributed by atoms with van der Waals surface area (Å²) in [7, 11) is 0. The summed E-state index contributed by atoms with van der Waals surface area (Å²) in [5.41, 5.74) is 2.61. The van der Waals surface area contributed by atoms with Crippen molar-refractivity contribution < 1.29 is 0 Å². The van der Waals surface area contributed by atoms with E-state index in [1.165, 1.54) is 11.1 Å². The minimum atomic E-state index is 0.449. The molecule has 2 heteroatoms. The summed E-state index contributed by atoms with van der Waals surface area (Å²) in [5, 5.41) is 1.25. The van der Waals surface area contributed by atoms with E-state index in [4.69, 9.17) is 23.2 Å². The van der Waals surface area contributed by atoms with Crippen molar-refractivity contribution in [2.45, 2.75) is 33.1 Å². The van der Waals surface area contributed by atoms with E-state index < -0.39 is 0 Å². The van der Waals surface area contributed by atoms with Gasteiger partial charge in [0.1, 0.15) is 0 Å². The molecule has 0 bridgehead atoms. The normalized spacial score (nSPS) is 14.1. The number of benzene rings is 1. The third-order valence-electron chi connectivity index (χ3n) is 2.76. The highest BCUT2D eigenvalue weighted by Gasteiger charge is 2.11. The van der Waals surface area contributed by atoms with Crippen LogP contribution in [0.25, 0.3) is 0 Å². The first-order valence-electron chi connectivity index (χ1n) is 5.17. The maximum atomic E-state index is 6.01. The quantitative estimate of drug-likeness (QED) is 0.619. The molecule has 0 fully saturated rings. The Balaban J connectivity index is 3.08. The van der Waals surface area contributed by atoms with Gasteiger partial charge in [-0.25, -0.2) is 0 Å². The van der Waals surface area contributed by atoms with E-state index in [1.807, 2.05) is 12.1 Å². The van der Waals surface area contributed by atoms with Crippen LogP contribution < -0.4 is 0 Å². The first kappa shape index (κ1) is 12.6. The largest absolute Gasteiger partial charge is 0.0881 e. The lowest BCUT2D eigenvalue weighted by atomic mass is 9.90. The van der Waals surface area contributed by atoms with Crippen LogP contribution in [0.1, 0.15) is 38.7 Å². The average Bonchev–Trinajstić information content (AvgIpc) is 2.24. The summed E-state index contributed by atoms with van der Waals surface area (Å²) in [5.74, 6) is 0.449. The number of hydrogen-bond donors (Lipinski definition) is 0. The number of halogens is 2. The van der Waals surface area contributed by atoms with Gasteiger partial charge in [-0.2, -0.15) is 0 Å². The molecule has 1 aromatic rings. The summed E-state index contributed by atoms with van der Waals surface area (Å²) in [6.45, 7) is 6.40. The van der Waals surface area contributed by atoms with Crippen LogP contribution in [0.3, 0.4) is 0 Å². The molecule has 0 radical (unpaired) electrons. The van der Waals surface area contributed by atoms with Gasteiger partial charge in [0.25, 0.3) is 0 Å². The van der Waals surface area contributed by atoms with E-state index in [1.54, 1.807) is 0 Å². The number of hydrogen-bond acceptors (Lipinski definition) is 0. The van der Waals surface area contributed by atoms with E-state index in [0.29, 0.717) is 16.0 Å². The SMILES string of the molecule is C/C=C(\C)C(CC)c1ccc(Cl)c(Cl)c1. The zero-order valence-electron chi connectivity index (χ0n) is 9.35. The second kappa shape index (κ2) is 5.58. The van der Waals surface area contributed by atoms with Gasteiger partial charge in [0.2, 0.25) is 0 Å². The average molecular weight is 243 g/mol. The van der Waals surface area contributed by atoms with Gasteiger partial charge in [0, 0.05) is 5.92 Å². The Bertz CT molecular complexity index is 367. The van der Waals surface area contributed by atoms with Gasteiger partial charge in [-0.15, -0.1) is 0 Å². The molecule has 0 saturated heterocycles. The second-order valence-corrected chi connectivity index (χ2v) is 4.48. The second-order valence-electron chi connectivity index (χ2n) is 3.67. The highest BCUT2D eigenvalue weighted by molar-refractivity contribution is 6.42. The molecule has 0 nitrogen and oxygen atoms in total. The van der Waals surface area contributed by atoms with Gasteiger partial charge >= 0.3 is 0 Å².